The maximum Gasteiger partial charge on any atom is 0.134 e. The third kappa shape index (κ3) is 7.81. The van der Waals surface area contributed by atoms with Crippen molar-refractivity contribution in [2.24, 2.45) is 10.7 Å². The molecule has 3 aliphatic heterocycles. The predicted molar refractivity (Wildman–Crippen MR) is 131 cm³/mol. The van der Waals surface area contributed by atoms with Crippen molar-refractivity contribution in [2.75, 3.05) is 13.2 Å². The molecule has 188 valence electrons. The summed E-state index contributed by atoms with van der Waals surface area (Å²) in [6.07, 6.45) is 3.78. The summed E-state index contributed by atoms with van der Waals surface area (Å²) in [7, 11) is 0. The summed E-state index contributed by atoms with van der Waals surface area (Å²) in [5, 5.41) is 38.7. The fraction of sp³-hybridized carbons (Fsp3) is 0.955. The summed E-state index contributed by atoms with van der Waals surface area (Å²) < 4.78 is 11.6. The quantitative estimate of drug-likeness (QED) is 0.374. The average molecular weight is 495 g/mol. The molecular formula is C22H42N2O6S2. The van der Waals surface area contributed by atoms with Crippen molar-refractivity contribution < 1.29 is 29.9 Å². The number of nitrogens with zero attached hydrogens (tertiary/aromatic N) is 1. The molecule has 1 saturated carbocycles. The Morgan fingerprint density at radius 1 is 1.09 bits per heavy atom. The van der Waals surface area contributed by atoms with Gasteiger partial charge in [-0.25, -0.2) is 0 Å². The van der Waals surface area contributed by atoms with Crippen molar-refractivity contribution in [3.63, 3.8) is 0 Å². The number of thioether (sulfide) groups is 2. The van der Waals surface area contributed by atoms with Crippen LogP contribution in [-0.4, -0.2) is 90.8 Å². The van der Waals surface area contributed by atoms with E-state index < -0.39 is 12.2 Å². The second-order valence-corrected chi connectivity index (χ2v) is 11.6. The first-order chi connectivity index (χ1) is 15.3. The summed E-state index contributed by atoms with van der Waals surface area (Å²) in [6, 6.07) is -0.463. The van der Waals surface area contributed by atoms with Gasteiger partial charge in [-0.15, -0.1) is 11.8 Å². The van der Waals surface area contributed by atoms with E-state index in [2.05, 4.69) is 18.8 Å². The zero-order chi connectivity index (χ0) is 23.9. The highest BCUT2D eigenvalue weighted by Gasteiger charge is 2.45. The topological polar surface area (TPSA) is 138 Å². The molecule has 32 heavy (non-hydrogen) atoms. The maximum absolute atomic E-state index is 9.86. The third-order valence-corrected chi connectivity index (χ3v) is 8.70. The number of aliphatic imine (C=N–C) groups is 1. The van der Waals surface area contributed by atoms with Crippen molar-refractivity contribution in [3.8, 4) is 0 Å². The normalized spacial score (nSPS) is 39.6. The Hall–Kier alpha value is 0.0900. The Balaban J connectivity index is 0.000000211. The van der Waals surface area contributed by atoms with Crippen LogP contribution in [-0.2, 0) is 9.47 Å². The SMILES string of the molecule is CC.CC1(SC2OC(CO)CC(O)C2N)CC1.CCCC1=NC2C(O)CC(CO)OC2S1. The van der Waals surface area contributed by atoms with Crippen molar-refractivity contribution in [1.29, 1.82) is 0 Å². The van der Waals surface area contributed by atoms with Crippen LogP contribution in [0.2, 0.25) is 0 Å². The zero-order valence-corrected chi connectivity index (χ0v) is 21.4. The van der Waals surface area contributed by atoms with Gasteiger partial charge in [0, 0.05) is 17.6 Å². The van der Waals surface area contributed by atoms with Gasteiger partial charge in [0.1, 0.15) is 16.9 Å². The monoisotopic (exact) mass is 494 g/mol. The van der Waals surface area contributed by atoms with E-state index in [1.807, 2.05) is 13.8 Å². The highest BCUT2D eigenvalue weighted by atomic mass is 32.2. The Morgan fingerprint density at radius 2 is 1.69 bits per heavy atom. The Kier molecular flexibility index (Phi) is 11.7. The first-order valence-electron chi connectivity index (χ1n) is 11.8. The van der Waals surface area contributed by atoms with E-state index in [-0.39, 0.29) is 53.1 Å². The molecule has 0 aromatic heterocycles. The van der Waals surface area contributed by atoms with Crippen molar-refractivity contribution in [3.05, 3.63) is 0 Å². The number of ether oxygens (including phenoxy) is 2. The van der Waals surface area contributed by atoms with E-state index in [0.717, 1.165) is 17.9 Å². The summed E-state index contributed by atoms with van der Waals surface area (Å²) >= 11 is 3.30. The van der Waals surface area contributed by atoms with Crippen LogP contribution in [0.5, 0.6) is 0 Å². The van der Waals surface area contributed by atoms with E-state index in [1.165, 1.54) is 12.8 Å². The molecule has 8 nitrogen and oxygen atoms in total. The minimum absolute atomic E-state index is 0.0239. The smallest absolute Gasteiger partial charge is 0.134 e. The molecule has 8 atom stereocenters. The summed E-state index contributed by atoms with van der Waals surface area (Å²) in [5.41, 5.74) is 5.62. The minimum Gasteiger partial charge on any atom is -0.394 e. The summed E-state index contributed by atoms with van der Waals surface area (Å²) in [6.45, 7) is 8.23. The van der Waals surface area contributed by atoms with E-state index in [1.54, 1.807) is 23.5 Å². The fourth-order valence-corrected chi connectivity index (χ4v) is 6.50. The average Bonchev–Trinajstić information content (AvgIpc) is 3.36. The molecule has 4 aliphatic rings. The molecule has 0 amide bonds. The first kappa shape index (κ1) is 28.3. The Labute approximate surface area is 200 Å². The van der Waals surface area contributed by atoms with Crippen LogP contribution in [0.4, 0.5) is 0 Å². The molecule has 10 heteroatoms. The van der Waals surface area contributed by atoms with Crippen LogP contribution < -0.4 is 5.73 Å². The first-order valence-corrected chi connectivity index (χ1v) is 13.6. The highest BCUT2D eigenvalue weighted by molar-refractivity contribution is 8.14. The number of nitrogens with two attached hydrogens (primary N) is 1. The van der Waals surface area contributed by atoms with E-state index in [9.17, 15) is 10.2 Å². The maximum atomic E-state index is 9.86. The second kappa shape index (κ2) is 13.3. The zero-order valence-electron chi connectivity index (χ0n) is 19.7. The standard InChI is InChI=1S/C10H19NO3S.C10H17NO3S.C2H6/c1-10(2-3-10)15-9-8(11)7(13)4-6(5-12)14-9;1-2-3-8-11-9-7(13)4-6(5-12)14-10(9)15-8;1-2/h6-9,12-13H,2-5,11H2,1H3;6-7,9-10,12-13H,2-5H2,1H3;1-2H3. The summed E-state index contributed by atoms with van der Waals surface area (Å²) in [4.78, 5) is 4.47. The van der Waals surface area contributed by atoms with Gasteiger partial charge in [-0.3, -0.25) is 4.99 Å². The van der Waals surface area contributed by atoms with Gasteiger partial charge in [-0.05, 0) is 19.3 Å². The molecule has 3 heterocycles. The molecule has 6 N–H and O–H groups in total. The molecule has 0 aromatic rings. The minimum atomic E-state index is -0.559. The third-order valence-electron chi connectivity index (χ3n) is 5.86. The van der Waals surface area contributed by atoms with Gasteiger partial charge in [0.05, 0.1) is 48.7 Å². The lowest BCUT2D eigenvalue weighted by molar-refractivity contribution is -0.0900. The number of aliphatic hydroxyl groups excluding tert-OH is 4. The van der Waals surface area contributed by atoms with Crippen LogP contribution in [0.3, 0.4) is 0 Å². The molecule has 3 fully saturated rings. The summed E-state index contributed by atoms with van der Waals surface area (Å²) in [5.74, 6) is 0. The van der Waals surface area contributed by atoms with Gasteiger partial charge in [0.25, 0.3) is 0 Å². The molecule has 0 spiro atoms. The number of rotatable bonds is 6. The molecule has 4 rings (SSSR count). The lowest BCUT2D eigenvalue weighted by atomic mass is 10.0. The molecule has 2 saturated heterocycles. The highest BCUT2D eigenvalue weighted by Crippen LogP contribution is 2.51. The van der Waals surface area contributed by atoms with Crippen molar-refractivity contribution in [1.82, 2.24) is 0 Å². The van der Waals surface area contributed by atoms with Crippen molar-refractivity contribution in [2.45, 2.75) is 118 Å². The van der Waals surface area contributed by atoms with Crippen LogP contribution in [0.1, 0.15) is 66.2 Å². The van der Waals surface area contributed by atoms with Crippen LogP contribution in [0.25, 0.3) is 0 Å². The Bertz CT molecular complexity index is 595. The predicted octanol–water partition coefficient (Wildman–Crippen LogP) is 1.86. The lowest BCUT2D eigenvalue weighted by Crippen LogP contribution is -2.53. The Morgan fingerprint density at radius 3 is 2.25 bits per heavy atom. The van der Waals surface area contributed by atoms with Crippen LogP contribution >= 0.6 is 23.5 Å². The number of hydrogen-bond acceptors (Lipinski definition) is 10. The fourth-order valence-electron chi connectivity index (χ4n) is 3.69. The lowest BCUT2D eigenvalue weighted by Gasteiger charge is -2.38. The molecule has 8 unspecified atom stereocenters. The van der Waals surface area contributed by atoms with Gasteiger partial charge in [0.2, 0.25) is 0 Å². The van der Waals surface area contributed by atoms with Gasteiger partial charge in [-0.1, -0.05) is 45.9 Å². The van der Waals surface area contributed by atoms with Crippen LogP contribution in [0.15, 0.2) is 4.99 Å². The van der Waals surface area contributed by atoms with E-state index in [4.69, 9.17) is 25.4 Å². The van der Waals surface area contributed by atoms with Crippen LogP contribution in [0, 0.1) is 0 Å². The van der Waals surface area contributed by atoms with Gasteiger partial charge < -0.3 is 35.6 Å². The van der Waals surface area contributed by atoms with Gasteiger partial charge in [0.15, 0.2) is 0 Å². The molecule has 0 radical (unpaired) electrons. The van der Waals surface area contributed by atoms with Crippen molar-refractivity contribution >= 4 is 28.6 Å². The van der Waals surface area contributed by atoms with E-state index >= 15 is 0 Å². The number of aliphatic hydroxyl groups is 4. The largest absolute Gasteiger partial charge is 0.394 e. The molecular weight excluding hydrogens is 452 g/mol. The number of hydrogen-bond donors (Lipinski definition) is 5. The van der Waals surface area contributed by atoms with Gasteiger partial charge in [-0.2, -0.15) is 0 Å². The second-order valence-electron chi connectivity index (χ2n) is 8.75. The van der Waals surface area contributed by atoms with E-state index in [0.29, 0.717) is 12.8 Å². The molecule has 0 aromatic carbocycles. The van der Waals surface area contributed by atoms with Gasteiger partial charge >= 0.3 is 0 Å². The number of fused-ring (bicyclic) bond motifs is 1. The molecule has 1 aliphatic carbocycles. The molecule has 0 bridgehead atoms.